The van der Waals surface area contributed by atoms with E-state index in [0.717, 1.165) is 36.5 Å². The van der Waals surface area contributed by atoms with Crippen LogP contribution in [-0.4, -0.2) is 56.0 Å². The lowest BCUT2D eigenvalue weighted by molar-refractivity contribution is 0.304. The molecule has 3 aromatic rings. The number of aromatic nitrogens is 2. The number of nitrogens with one attached hydrogen (secondary N) is 1. The molecule has 0 saturated heterocycles. The fraction of sp³-hybridized carbons (Fsp3) is 0.462. The second kappa shape index (κ2) is 13.4. The van der Waals surface area contributed by atoms with Crippen LogP contribution in [-0.2, 0) is 22.9 Å². The lowest BCUT2D eigenvalue weighted by Gasteiger charge is -2.19. The molecule has 8 nitrogen and oxygen atoms in total. The van der Waals surface area contributed by atoms with E-state index < -0.39 is 16.1 Å². The van der Waals surface area contributed by atoms with E-state index in [1.807, 2.05) is 54.6 Å². The highest BCUT2D eigenvalue weighted by atomic mass is 32.2. The monoisotopic (exact) mass is 500 g/mol. The molecule has 1 N–H and O–H groups in total. The van der Waals surface area contributed by atoms with E-state index in [-0.39, 0.29) is 11.6 Å². The summed E-state index contributed by atoms with van der Waals surface area (Å²) in [6.45, 7) is 6.71. The van der Waals surface area contributed by atoms with Crippen LogP contribution in [0.3, 0.4) is 0 Å². The Balaban J connectivity index is 1.71. The normalized spacial score (nSPS) is 12.7. The van der Waals surface area contributed by atoms with Crippen molar-refractivity contribution in [2.24, 2.45) is 0 Å². The first-order valence-electron chi connectivity index (χ1n) is 12.1. The fourth-order valence-corrected chi connectivity index (χ4v) is 5.21. The molecule has 0 bridgehead atoms. The molecule has 0 aliphatic rings. The number of methoxy groups -OCH3 is 1. The van der Waals surface area contributed by atoms with Gasteiger partial charge in [-0.05, 0) is 62.2 Å². The van der Waals surface area contributed by atoms with Crippen molar-refractivity contribution in [2.75, 3.05) is 32.5 Å². The standard InChI is InChI=1S/C26H36N4O4S/c1-4-30(5-2)17-10-18-35(31,32)29-24(16-15-21-11-7-6-8-12-21)26-27-25(28-34-26)20-22-13-9-14-23(19-22)33-3/h6-9,11-14,19,24,29H,4-5,10,15-18,20H2,1-3H3/t24-/m1/s1. The van der Waals surface area contributed by atoms with E-state index in [2.05, 4.69) is 33.6 Å². The zero-order chi connectivity index (χ0) is 25.1. The van der Waals surface area contributed by atoms with Crippen LogP contribution in [0.25, 0.3) is 0 Å². The molecule has 0 fully saturated rings. The molecule has 35 heavy (non-hydrogen) atoms. The summed E-state index contributed by atoms with van der Waals surface area (Å²) in [6.07, 6.45) is 2.22. The van der Waals surface area contributed by atoms with Crippen molar-refractivity contribution >= 4 is 10.0 Å². The predicted octanol–water partition coefficient (Wildman–Crippen LogP) is 3.99. The van der Waals surface area contributed by atoms with Crippen LogP contribution in [0.2, 0.25) is 0 Å². The van der Waals surface area contributed by atoms with E-state index >= 15 is 0 Å². The van der Waals surface area contributed by atoms with Crippen LogP contribution in [0.4, 0.5) is 0 Å². The van der Waals surface area contributed by atoms with Gasteiger partial charge in [0.25, 0.3) is 0 Å². The summed E-state index contributed by atoms with van der Waals surface area (Å²) in [6, 6.07) is 17.0. The largest absolute Gasteiger partial charge is 0.497 e. The zero-order valence-electron chi connectivity index (χ0n) is 20.8. The minimum Gasteiger partial charge on any atom is -0.497 e. The zero-order valence-corrected chi connectivity index (χ0v) is 21.6. The summed E-state index contributed by atoms with van der Waals surface area (Å²) < 4.78 is 39.5. The van der Waals surface area contributed by atoms with Crippen LogP contribution >= 0.6 is 0 Å². The molecule has 0 spiro atoms. The van der Waals surface area contributed by atoms with Gasteiger partial charge in [-0.15, -0.1) is 0 Å². The van der Waals surface area contributed by atoms with E-state index in [9.17, 15) is 8.42 Å². The third-order valence-corrected chi connectivity index (χ3v) is 7.42. The van der Waals surface area contributed by atoms with Gasteiger partial charge in [-0.2, -0.15) is 4.98 Å². The van der Waals surface area contributed by atoms with Gasteiger partial charge >= 0.3 is 0 Å². The van der Waals surface area contributed by atoms with Crippen LogP contribution in [0.15, 0.2) is 59.1 Å². The van der Waals surface area contributed by atoms with Crippen molar-refractivity contribution in [1.82, 2.24) is 19.8 Å². The molecule has 9 heteroatoms. The summed E-state index contributed by atoms with van der Waals surface area (Å²) in [7, 11) is -1.90. The Morgan fingerprint density at radius 2 is 1.80 bits per heavy atom. The van der Waals surface area contributed by atoms with Crippen molar-refractivity contribution < 1.29 is 17.7 Å². The first kappa shape index (κ1) is 26.8. The molecule has 0 amide bonds. The molecule has 0 radical (unpaired) electrons. The van der Waals surface area contributed by atoms with E-state index in [1.165, 1.54) is 0 Å². The van der Waals surface area contributed by atoms with Crippen LogP contribution < -0.4 is 9.46 Å². The Morgan fingerprint density at radius 3 is 2.51 bits per heavy atom. The van der Waals surface area contributed by atoms with E-state index in [1.54, 1.807) is 7.11 Å². The highest BCUT2D eigenvalue weighted by Crippen LogP contribution is 2.21. The minimum atomic E-state index is -3.53. The number of aryl methyl sites for hydroxylation is 1. The molecule has 0 aliphatic carbocycles. The number of nitrogens with zero attached hydrogens (tertiary/aromatic N) is 3. The maximum atomic E-state index is 12.9. The number of rotatable bonds is 15. The summed E-state index contributed by atoms with van der Waals surface area (Å²) in [5, 5.41) is 4.11. The molecule has 1 atom stereocenters. The van der Waals surface area contributed by atoms with Crippen molar-refractivity contribution in [2.45, 2.75) is 45.6 Å². The number of ether oxygens (including phenoxy) is 1. The second-order valence-corrected chi connectivity index (χ2v) is 10.3. The van der Waals surface area contributed by atoms with Gasteiger partial charge in [0.1, 0.15) is 11.8 Å². The lowest BCUT2D eigenvalue weighted by Crippen LogP contribution is -2.33. The molecule has 1 heterocycles. The second-order valence-electron chi connectivity index (χ2n) is 8.47. The van der Waals surface area contributed by atoms with Gasteiger partial charge in [0.2, 0.25) is 15.9 Å². The third kappa shape index (κ3) is 8.76. The Labute approximate surface area is 208 Å². The van der Waals surface area contributed by atoms with Crippen LogP contribution in [0.1, 0.15) is 55.6 Å². The van der Waals surface area contributed by atoms with Crippen LogP contribution in [0.5, 0.6) is 5.75 Å². The molecular weight excluding hydrogens is 464 g/mol. The predicted molar refractivity (Wildman–Crippen MR) is 137 cm³/mol. The Morgan fingerprint density at radius 1 is 1.06 bits per heavy atom. The molecule has 1 aromatic heterocycles. The summed E-state index contributed by atoms with van der Waals surface area (Å²) in [4.78, 5) is 6.75. The van der Waals surface area contributed by atoms with Crippen molar-refractivity contribution in [3.8, 4) is 5.75 Å². The number of sulfonamides is 1. The van der Waals surface area contributed by atoms with E-state index in [0.29, 0.717) is 31.5 Å². The quantitative estimate of drug-likeness (QED) is 0.337. The molecule has 0 saturated carbocycles. The maximum Gasteiger partial charge on any atom is 0.244 e. The Hall–Kier alpha value is -2.75. The molecule has 190 valence electrons. The van der Waals surface area contributed by atoms with Crippen molar-refractivity contribution in [3.63, 3.8) is 0 Å². The van der Waals surface area contributed by atoms with Gasteiger partial charge < -0.3 is 14.2 Å². The minimum absolute atomic E-state index is 0.0517. The van der Waals surface area contributed by atoms with Gasteiger partial charge in [0.05, 0.1) is 12.9 Å². The van der Waals surface area contributed by atoms with Gasteiger partial charge in [0.15, 0.2) is 5.82 Å². The fourth-order valence-electron chi connectivity index (χ4n) is 3.93. The summed E-state index contributed by atoms with van der Waals surface area (Å²) in [5.41, 5.74) is 2.10. The number of benzene rings is 2. The van der Waals surface area contributed by atoms with Crippen LogP contribution in [0, 0.1) is 0 Å². The average molecular weight is 501 g/mol. The highest BCUT2D eigenvalue weighted by molar-refractivity contribution is 7.89. The molecule has 0 aliphatic heterocycles. The average Bonchev–Trinajstić information content (AvgIpc) is 3.33. The SMILES string of the molecule is CCN(CC)CCCS(=O)(=O)N[C@H](CCc1ccccc1)c1nc(Cc2cccc(OC)c2)no1. The summed E-state index contributed by atoms with van der Waals surface area (Å²) in [5.74, 6) is 1.59. The smallest absolute Gasteiger partial charge is 0.244 e. The van der Waals surface area contributed by atoms with Crippen molar-refractivity contribution in [3.05, 3.63) is 77.4 Å². The highest BCUT2D eigenvalue weighted by Gasteiger charge is 2.25. The topological polar surface area (TPSA) is 97.6 Å². The molecule has 2 aromatic carbocycles. The van der Waals surface area contributed by atoms with Crippen molar-refractivity contribution in [1.29, 1.82) is 0 Å². The molecule has 3 rings (SSSR count). The van der Waals surface area contributed by atoms with Gasteiger partial charge in [0, 0.05) is 6.42 Å². The van der Waals surface area contributed by atoms with E-state index in [4.69, 9.17) is 9.26 Å². The van der Waals surface area contributed by atoms with Gasteiger partial charge in [-0.25, -0.2) is 13.1 Å². The maximum absolute atomic E-state index is 12.9. The summed E-state index contributed by atoms with van der Waals surface area (Å²) >= 11 is 0. The van der Waals surface area contributed by atoms with Gasteiger partial charge in [-0.1, -0.05) is 61.5 Å². The Kier molecular flexibility index (Phi) is 10.3. The Bertz CT molecular complexity index is 1130. The van der Waals surface area contributed by atoms with Gasteiger partial charge in [-0.3, -0.25) is 0 Å². The first-order valence-corrected chi connectivity index (χ1v) is 13.8. The third-order valence-electron chi connectivity index (χ3n) is 5.95. The lowest BCUT2D eigenvalue weighted by atomic mass is 10.1. The number of hydrogen-bond acceptors (Lipinski definition) is 7. The first-order chi connectivity index (χ1) is 16.9. The molecule has 0 unspecified atom stereocenters. The molecular formula is C26H36N4O4S. The number of hydrogen-bond donors (Lipinski definition) is 1.